The molecule has 1 aliphatic heterocycles. The van der Waals surface area contributed by atoms with Gasteiger partial charge in [-0.3, -0.25) is 9.59 Å². The highest BCUT2D eigenvalue weighted by molar-refractivity contribution is 7.12. The Labute approximate surface area is 189 Å². The topological polar surface area (TPSA) is 61.9 Å². The summed E-state index contributed by atoms with van der Waals surface area (Å²) in [5.41, 5.74) is 2.26. The number of anilines is 2. The van der Waals surface area contributed by atoms with E-state index < -0.39 is 5.41 Å². The van der Waals surface area contributed by atoms with Gasteiger partial charge >= 0.3 is 0 Å². The van der Waals surface area contributed by atoms with E-state index in [1.807, 2.05) is 80.4 Å². The number of nitrogens with zero attached hydrogens (tertiary/aromatic N) is 2. The second-order valence-electron chi connectivity index (χ2n) is 9.24. The molecule has 7 heteroatoms. The van der Waals surface area contributed by atoms with Crippen LogP contribution < -0.4 is 10.2 Å². The molecule has 1 atom stereocenters. The maximum absolute atomic E-state index is 13.3. The van der Waals surface area contributed by atoms with E-state index in [4.69, 9.17) is 4.74 Å². The molecule has 2 aromatic rings. The van der Waals surface area contributed by atoms with Gasteiger partial charge in [0, 0.05) is 50.6 Å². The van der Waals surface area contributed by atoms with Crippen molar-refractivity contribution < 1.29 is 14.3 Å². The third-order valence-electron chi connectivity index (χ3n) is 5.33. The van der Waals surface area contributed by atoms with Crippen molar-refractivity contribution in [1.29, 1.82) is 0 Å². The Morgan fingerprint density at radius 2 is 2.00 bits per heavy atom. The zero-order valence-electron chi connectivity index (χ0n) is 19.1. The van der Waals surface area contributed by atoms with Crippen LogP contribution in [0.5, 0.6) is 0 Å². The average Bonchev–Trinajstić information content (AvgIpc) is 3.40. The largest absolute Gasteiger partial charge is 0.377 e. The number of rotatable bonds is 7. The summed E-state index contributed by atoms with van der Waals surface area (Å²) in [6, 6.07) is 9.64. The van der Waals surface area contributed by atoms with Crippen LogP contribution in [0.3, 0.4) is 0 Å². The summed E-state index contributed by atoms with van der Waals surface area (Å²) in [5.74, 6) is -0.0266. The van der Waals surface area contributed by atoms with E-state index >= 15 is 0 Å². The second-order valence-corrected chi connectivity index (χ2v) is 10.2. The van der Waals surface area contributed by atoms with Crippen LogP contribution in [0.15, 0.2) is 35.7 Å². The smallest absolute Gasteiger partial charge is 0.264 e. The molecular formula is C24H33N3O3S. The fourth-order valence-electron chi connectivity index (χ4n) is 3.56. The molecule has 31 heavy (non-hydrogen) atoms. The van der Waals surface area contributed by atoms with Crippen LogP contribution in [0.1, 0.15) is 48.8 Å². The van der Waals surface area contributed by atoms with Gasteiger partial charge < -0.3 is 19.9 Å². The molecule has 0 spiro atoms. The number of hydrogen-bond acceptors (Lipinski definition) is 5. The van der Waals surface area contributed by atoms with Gasteiger partial charge in [-0.15, -0.1) is 11.3 Å². The minimum Gasteiger partial charge on any atom is -0.377 e. The molecule has 2 heterocycles. The fraction of sp³-hybridized carbons (Fsp3) is 0.500. The quantitative estimate of drug-likeness (QED) is 0.678. The van der Waals surface area contributed by atoms with Crippen LogP contribution in [0.4, 0.5) is 11.4 Å². The molecule has 1 fully saturated rings. The summed E-state index contributed by atoms with van der Waals surface area (Å²) in [4.78, 5) is 30.4. The molecule has 0 saturated carbocycles. The van der Waals surface area contributed by atoms with Gasteiger partial charge in [0.25, 0.3) is 5.91 Å². The standard InChI is InChI=1S/C24H33N3O3S/c1-24(2,3)23(29)25-18-10-11-20(26(4)5)17(14-18)15-27(16-19-8-6-12-30-19)22(28)21-9-7-13-31-21/h7,9-11,13-14,19H,6,8,12,15-16H2,1-5H3,(H,25,29). The van der Waals surface area contributed by atoms with Gasteiger partial charge in [-0.25, -0.2) is 0 Å². The Bertz CT molecular complexity index is 897. The van der Waals surface area contributed by atoms with Crippen molar-refractivity contribution in [2.24, 2.45) is 5.41 Å². The maximum Gasteiger partial charge on any atom is 0.264 e. The summed E-state index contributed by atoms with van der Waals surface area (Å²) in [6.07, 6.45) is 2.06. The minimum atomic E-state index is -0.485. The molecule has 1 saturated heterocycles. The molecule has 3 rings (SSSR count). The van der Waals surface area contributed by atoms with Crippen molar-refractivity contribution in [1.82, 2.24) is 4.90 Å². The highest BCUT2D eigenvalue weighted by Gasteiger charge is 2.26. The van der Waals surface area contributed by atoms with Gasteiger partial charge in [-0.2, -0.15) is 0 Å². The van der Waals surface area contributed by atoms with Gasteiger partial charge in [-0.1, -0.05) is 26.8 Å². The zero-order chi connectivity index (χ0) is 22.6. The van der Waals surface area contributed by atoms with E-state index in [-0.39, 0.29) is 17.9 Å². The molecule has 1 unspecified atom stereocenters. The molecule has 0 aliphatic carbocycles. The van der Waals surface area contributed by atoms with E-state index in [1.165, 1.54) is 11.3 Å². The summed E-state index contributed by atoms with van der Waals surface area (Å²) < 4.78 is 5.82. The summed E-state index contributed by atoms with van der Waals surface area (Å²) >= 11 is 1.45. The first-order valence-corrected chi connectivity index (χ1v) is 11.6. The molecule has 168 valence electrons. The Kier molecular flexibility index (Phi) is 7.38. The van der Waals surface area contributed by atoms with Crippen molar-refractivity contribution in [3.63, 3.8) is 0 Å². The van der Waals surface area contributed by atoms with E-state index in [9.17, 15) is 9.59 Å². The van der Waals surface area contributed by atoms with Crippen molar-refractivity contribution in [3.05, 3.63) is 46.2 Å². The number of benzene rings is 1. The lowest BCUT2D eigenvalue weighted by Gasteiger charge is -2.28. The minimum absolute atomic E-state index is 0.0133. The number of hydrogen-bond donors (Lipinski definition) is 1. The van der Waals surface area contributed by atoms with Crippen molar-refractivity contribution in [2.75, 3.05) is 37.5 Å². The van der Waals surface area contributed by atoms with Crippen LogP contribution in [-0.2, 0) is 16.1 Å². The summed E-state index contributed by atoms with van der Waals surface area (Å²) in [7, 11) is 3.97. The number of carbonyl (C=O) groups excluding carboxylic acids is 2. The number of carbonyl (C=O) groups is 2. The Morgan fingerprint density at radius 3 is 2.58 bits per heavy atom. The lowest BCUT2D eigenvalue weighted by atomic mass is 9.95. The van der Waals surface area contributed by atoms with Gasteiger partial charge in [0.15, 0.2) is 0 Å². The van der Waals surface area contributed by atoms with E-state index in [2.05, 4.69) is 5.32 Å². The maximum atomic E-state index is 13.3. The SMILES string of the molecule is CN(C)c1ccc(NC(=O)C(C)(C)C)cc1CN(CC1CCCO1)C(=O)c1cccs1. The highest BCUT2D eigenvalue weighted by Crippen LogP contribution is 2.28. The highest BCUT2D eigenvalue weighted by atomic mass is 32.1. The number of ether oxygens (including phenoxy) is 1. The predicted molar refractivity (Wildman–Crippen MR) is 127 cm³/mol. The number of nitrogens with one attached hydrogen (secondary N) is 1. The number of amides is 2. The fourth-order valence-corrected chi connectivity index (χ4v) is 4.25. The van der Waals surface area contributed by atoms with Crippen molar-refractivity contribution >= 4 is 34.5 Å². The molecular weight excluding hydrogens is 410 g/mol. The Hall–Kier alpha value is -2.38. The third-order valence-corrected chi connectivity index (χ3v) is 6.19. The number of thiophene rings is 1. The van der Waals surface area contributed by atoms with Crippen molar-refractivity contribution in [2.45, 2.75) is 46.3 Å². The van der Waals surface area contributed by atoms with E-state index in [1.54, 1.807) is 0 Å². The predicted octanol–water partition coefficient (Wildman–Crippen LogP) is 4.62. The van der Waals surface area contributed by atoms with Crippen LogP contribution in [-0.4, -0.2) is 50.1 Å². The lowest BCUT2D eigenvalue weighted by Crippen LogP contribution is -2.37. The molecule has 0 bridgehead atoms. The van der Waals surface area contributed by atoms with Crippen LogP contribution >= 0.6 is 11.3 Å². The third kappa shape index (κ3) is 6.08. The molecule has 1 N–H and O–H groups in total. The first-order valence-electron chi connectivity index (χ1n) is 10.7. The first-order chi connectivity index (χ1) is 14.6. The van der Waals surface area contributed by atoms with E-state index in [0.29, 0.717) is 13.1 Å². The van der Waals surface area contributed by atoms with Crippen molar-refractivity contribution in [3.8, 4) is 0 Å². The van der Waals surface area contributed by atoms with Gasteiger partial charge in [0.2, 0.25) is 5.91 Å². The molecule has 1 aliphatic rings. The lowest BCUT2D eigenvalue weighted by molar-refractivity contribution is -0.123. The first kappa shape index (κ1) is 23.3. The second kappa shape index (κ2) is 9.83. The van der Waals surface area contributed by atoms with Gasteiger partial charge in [-0.05, 0) is 48.1 Å². The molecule has 1 aromatic carbocycles. The Balaban J connectivity index is 1.89. The molecule has 2 amide bonds. The normalized spacial score (nSPS) is 16.2. The molecule has 0 radical (unpaired) electrons. The Morgan fingerprint density at radius 1 is 1.23 bits per heavy atom. The summed E-state index contributed by atoms with van der Waals surface area (Å²) in [6.45, 7) is 7.43. The molecule has 6 nitrogen and oxygen atoms in total. The average molecular weight is 444 g/mol. The summed E-state index contributed by atoms with van der Waals surface area (Å²) in [5, 5.41) is 4.93. The van der Waals surface area contributed by atoms with Crippen LogP contribution in [0.2, 0.25) is 0 Å². The van der Waals surface area contributed by atoms with Crippen LogP contribution in [0.25, 0.3) is 0 Å². The monoisotopic (exact) mass is 443 g/mol. The van der Waals surface area contributed by atoms with E-state index in [0.717, 1.165) is 41.3 Å². The molecule has 1 aromatic heterocycles. The zero-order valence-corrected chi connectivity index (χ0v) is 19.9. The van der Waals surface area contributed by atoms with Crippen LogP contribution in [0, 0.1) is 5.41 Å². The van der Waals surface area contributed by atoms with Gasteiger partial charge in [0.1, 0.15) is 0 Å². The van der Waals surface area contributed by atoms with Gasteiger partial charge in [0.05, 0.1) is 11.0 Å².